The fourth-order valence-corrected chi connectivity index (χ4v) is 3.31. The van der Waals surface area contributed by atoms with Gasteiger partial charge in [-0.3, -0.25) is 4.79 Å². The Kier molecular flexibility index (Phi) is 6.90. The average Bonchev–Trinajstić information content (AvgIpc) is 2.59. The maximum Gasteiger partial charge on any atom is 0.319 e. The fraction of sp³-hybridized carbons (Fsp3) is 0.444. The van der Waals surface area contributed by atoms with Gasteiger partial charge in [-0.15, -0.1) is 0 Å². The Morgan fingerprint density at radius 3 is 2.69 bits per heavy atom. The second kappa shape index (κ2) is 8.93. The van der Waals surface area contributed by atoms with Crippen LogP contribution in [0.3, 0.4) is 0 Å². The highest BCUT2D eigenvalue weighted by Gasteiger charge is 2.39. The van der Waals surface area contributed by atoms with E-state index in [0.717, 1.165) is 6.42 Å². The van der Waals surface area contributed by atoms with E-state index in [9.17, 15) is 9.59 Å². The van der Waals surface area contributed by atoms with Crippen molar-refractivity contribution in [2.45, 2.75) is 26.3 Å². The minimum absolute atomic E-state index is 0.236. The standard InChI is InChI=1S/C18H23BrN2O5/c1-5-7-26-16-12(19)8-11(9-13(16)24-4)15-14(17(22)25-6-2)10(3)20-18(23)21-15/h8-9,14-15H,3,5-7H2,1-2,4H3,(H2,20,21,23)/t14-,15+/m1/s1. The first-order chi connectivity index (χ1) is 12.4. The van der Waals surface area contributed by atoms with Gasteiger partial charge in [0.2, 0.25) is 0 Å². The molecule has 1 fully saturated rings. The summed E-state index contributed by atoms with van der Waals surface area (Å²) in [5.74, 6) is -0.142. The molecule has 0 spiro atoms. The number of amides is 2. The van der Waals surface area contributed by atoms with Crippen LogP contribution in [-0.2, 0) is 9.53 Å². The van der Waals surface area contributed by atoms with E-state index >= 15 is 0 Å². The number of ether oxygens (including phenoxy) is 3. The predicted octanol–water partition coefficient (Wildman–Crippen LogP) is 3.29. The molecule has 0 radical (unpaired) electrons. The van der Waals surface area contributed by atoms with Gasteiger partial charge in [-0.1, -0.05) is 13.5 Å². The number of benzene rings is 1. The average molecular weight is 427 g/mol. The summed E-state index contributed by atoms with van der Waals surface area (Å²) in [4.78, 5) is 24.3. The van der Waals surface area contributed by atoms with E-state index in [4.69, 9.17) is 14.2 Å². The van der Waals surface area contributed by atoms with Crippen molar-refractivity contribution in [3.8, 4) is 11.5 Å². The summed E-state index contributed by atoms with van der Waals surface area (Å²) in [5, 5.41) is 5.30. The quantitative estimate of drug-likeness (QED) is 0.653. The number of rotatable bonds is 7. The van der Waals surface area contributed by atoms with Crippen molar-refractivity contribution in [3.63, 3.8) is 0 Å². The molecule has 1 aliphatic rings. The van der Waals surface area contributed by atoms with Gasteiger partial charge in [0, 0.05) is 5.70 Å². The van der Waals surface area contributed by atoms with E-state index in [2.05, 4.69) is 33.1 Å². The third kappa shape index (κ3) is 4.30. The Morgan fingerprint density at radius 2 is 2.08 bits per heavy atom. The highest BCUT2D eigenvalue weighted by Crippen LogP contribution is 2.41. The molecule has 1 aromatic rings. The van der Waals surface area contributed by atoms with Gasteiger partial charge < -0.3 is 24.8 Å². The number of methoxy groups -OCH3 is 1. The topological polar surface area (TPSA) is 85.9 Å². The summed E-state index contributed by atoms with van der Waals surface area (Å²) in [7, 11) is 1.53. The highest BCUT2D eigenvalue weighted by molar-refractivity contribution is 9.10. The second-order valence-electron chi connectivity index (χ2n) is 5.71. The minimum Gasteiger partial charge on any atom is -0.493 e. The first kappa shape index (κ1) is 20.1. The molecule has 26 heavy (non-hydrogen) atoms. The van der Waals surface area contributed by atoms with Crippen LogP contribution in [0.5, 0.6) is 11.5 Å². The van der Waals surface area contributed by atoms with E-state index in [0.29, 0.717) is 33.8 Å². The van der Waals surface area contributed by atoms with Crippen LogP contribution in [0.2, 0.25) is 0 Å². The zero-order valence-corrected chi connectivity index (χ0v) is 16.6. The van der Waals surface area contributed by atoms with Gasteiger partial charge >= 0.3 is 12.0 Å². The number of hydrogen-bond acceptors (Lipinski definition) is 5. The lowest BCUT2D eigenvalue weighted by Gasteiger charge is -2.33. The van der Waals surface area contributed by atoms with E-state index in [1.54, 1.807) is 19.1 Å². The van der Waals surface area contributed by atoms with Crippen LogP contribution in [0, 0.1) is 5.92 Å². The Hall–Kier alpha value is -2.22. The van der Waals surface area contributed by atoms with E-state index in [1.807, 2.05) is 6.92 Å². The molecule has 0 bridgehead atoms. The minimum atomic E-state index is -0.758. The molecule has 0 aliphatic carbocycles. The molecule has 2 rings (SSSR count). The maximum atomic E-state index is 12.4. The summed E-state index contributed by atoms with van der Waals surface area (Å²) in [6.07, 6.45) is 0.854. The molecule has 1 aliphatic heterocycles. The summed E-state index contributed by atoms with van der Waals surface area (Å²) >= 11 is 3.48. The van der Waals surface area contributed by atoms with Gasteiger partial charge in [0.1, 0.15) is 5.92 Å². The van der Waals surface area contributed by atoms with Crippen LogP contribution in [-0.4, -0.2) is 32.3 Å². The van der Waals surface area contributed by atoms with Crippen molar-refractivity contribution in [3.05, 3.63) is 34.4 Å². The second-order valence-corrected chi connectivity index (χ2v) is 6.57. The van der Waals surface area contributed by atoms with Gasteiger partial charge in [0.25, 0.3) is 0 Å². The lowest BCUT2D eigenvalue weighted by Crippen LogP contribution is -2.51. The Balaban J connectivity index is 2.44. The molecule has 0 unspecified atom stereocenters. The summed E-state index contributed by atoms with van der Waals surface area (Å²) in [5.41, 5.74) is 0.963. The van der Waals surface area contributed by atoms with Gasteiger partial charge in [-0.05, 0) is 47.0 Å². The fourth-order valence-electron chi connectivity index (χ4n) is 2.74. The number of urea groups is 1. The van der Waals surface area contributed by atoms with Crippen LogP contribution >= 0.6 is 15.9 Å². The Bertz CT molecular complexity index is 707. The molecule has 8 heteroatoms. The van der Waals surface area contributed by atoms with Crippen LogP contribution < -0.4 is 20.1 Å². The van der Waals surface area contributed by atoms with Crippen molar-refractivity contribution in [2.75, 3.05) is 20.3 Å². The van der Waals surface area contributed by atoms with Gasteiger partial charge in [-0.2, -0.15) is 0 Å². The lowest BCUT2D eigenvalue weighted by atomic mass is 9.89. The van der Waals surface area contributed by atoms with E-state index < -0.39 is 24.0 Å². The normalized spacial score (nSPS) is 19.4. The molecule has 1 heterocycles. The molecular formula is C18H23BrN2O5. The molecule has 142 valence electrons. The Labute approximate surface area is 161 Å². The maximum absolute atomic E-state index is 12.4. The molecule has 1 saturated heterocycles. The van der Waals surface area contributed by atoms with Crippen molar-refractivity contribution in [1.82, 2.24) is 10.6 Å². The molecule has 0 aromatic heterocycles. The van der Waals surface area contributed by atoms with Crippen LogP contribution in [0.1, 0.15) is 31.9 Å². The number of nitrogens with one attached hydrogen (secondary N) is 2. The van der Waals surface area contributed by atoms with Crippen LogP contribution in [0.25, 0.3) is 0 Å². The van der Waals surface area contributed by atoms with Crippen molar-refractivity contribution >= 4 is 27.9 Å². The molecule has 2 N–H and O–H groups in total. The third-order valence-corrected chi connectivity index (χ3v) is 4.46. The number of hydrogen-bond donors (Lipinski definition) is 2. The molecule has 2 amide bonds. The number of halogens is 1. The van der Waals surface area contributed by atoms with E-state index in [1.165, 1.54) is 7.11 Å². The first-order valence-electron chi connectivity index (χ1n) is 8.36. The summed E-state index contributed by atoms with van der Waals surface area (Å²) in [6, 6.07) is 2.47. The molecule has 1 aromatic carbocycles. The first-order valence-corrected chi connectivity index (χ1v) is 9.15. The van der Waals surface area contributed by atoms with Crippen LogP contribution in [0.15, 0.2) is 28.9 Å². The highest BCUT2D eigenvalue weighted by atomic mass is 79.9. The Morgan fingerprint density at radius 1 is 1.35 bits per heavy atom. The SMILES string of the molecule is C=C1NC(=O)N[C@@H](c2cc(Br)c(OCCC)c(OC)c2)[C@@H]1C(=O)OCC. The monoisotopic (exact) mass is 426 g/mol. The number of esters is 1. The smallest absolute Gasteiger partial charge is 0.319 e. The van der Waals surface area contributed by atoms with Crippen molar-refractivity contribution in [1.29, 1.82) is 0 Å². The largest absolute Gasteiger partial charge is 0.493 e. The van der Waals surface area contributed by atoms with Gasteiger partial charge in [0.05, 0.1) is 30.8 Å². The zero-order valence-electron chi connectivity index (χ0n) is 15.1. The summed E-state index contributed by atoms with van der Waals surface area (Å²) in [6.45, 7) is 8.32. The van der Waals surface area contributed by atoms with E-state index in [-0.39, 0.29) is 6.61 Å². The number of carbonyl (C=O) groups is 2. The lowest BCUT2D eigenvalue weighted by molar-refractivity contribution is -0.147. The zero-order chi connectivity index (χ0) is 19.3. The van der Waals surface area contributed by atoms with Crippen LogP contribution in [0.4, 0.5) is 4.79 Å². The predicted molar refractivity (Wildman–Crippen MR) is 100 cm³/mol. The molecule has 7 nitrogen and oxygen atoms in total. The van der Waals surface area contributed by atoms with Gasteiger partial charge in [-0.25, -0.2) is 4.79 Å². The summed E-state index contributed by atoms with van der Waals surface area (Å²) < 4.78 is 17.0. The third-order valence-electron chi connectivity index (χ3n) is 3.87. The van der Waals surface area contributed by atoms with Crippen molar-refractivity contribution < 1.29 is 23.8 Å². The van der Waals surface area contributed by atoms with Crippen molar-refractivity contribution in [2.24, 2.45) is 5.92 Å². The van der Waals surface area contributed by atoms with Gasteiger partial charge in [0.15, 0.2) is 11.5 Å². The molecule has 0 saturated carbocycles. The molecule has 2 atom stereocenters. The molecular weight excluding hydrogens is 404 g/mol. The number of carbonyl (C=O) groups excluding carboxylic acids is 2.